The first-order chi connectivity index (χ1) is 8.65. The Hall–Kier alpha value is -1.82. The molecule has 1 saturated heterocycles. The smallest absolute Gasteiger partial charge is 0.231 e. The van der Waals surface area contributed by atoms with E-state index >= 15 is 0 Å². The van der Waals surface area contributed by atoms with Crippen LogP contribution in [0.25, 0.3) is 0 Å². The quantitative estimate of drug-likeness (QED) is 0.699. The number of nitrogen functional groups attached to an aromatic ring is 1. The molecule has 2 rings (SSSR count). The first-order valence-electron chi connectivity index (χ1n) is 6.13. The zero-order chi connectivity index (χ0) is 13.0. The van der Waals surface area contributed by atoms with Gasteiger partial charge in [0.15, 0.2) is 0 Å². The summed E-state index contributed by atoms with van der Waals surface area (Å²) in [6.07, 6.45) is 3.65. The van der Waals surface area contributed by atoms with Gasteiger partial charge in [-0.05, 0) is 25.0 Å². The maximum atomic E-state index is 10.8. The highest BCUT2D eigenvalue weighted by Gasteiger charge is 2.20. The Morgan fingerprint density at radius 2 is 2.22 bits per heavy atom. The minimum absolute atomic E-state index is 0.268. The molecule has 98 valence electrons. The van der Waals surface area contributed by atoms with E-state index in [1.807, 2.05) is 12.1 Å². The Bertz CT molecular complexity index is 415. The molecule has 1 fully saturated rings. The first-order valence-corrected chi connectivity index (χ1v) is 6.13. The summed E-state index contributed by atoms with van der Waals surface area (Å²) < 4.78 is 0. The van der Waals surface area contributed by atoms with Crippen LogP contribution in [0.1, 0.15) is 12.8 Å². The first kappa shape index (κ1) is 12.6. The second kappa shape index (κ2) is 5.68. The van der Waals surface area contributed by atoms with Crippen LogP contribution in [0.5, 0.6) is 0 Å². The highest BCUT2D eigenvalue weighted by molar-refractivity contribution is 5.75. The minimum atomic E-state index is -0.268. The van der Waals surface area contributed by atoms with Crippen molar-refractivity contribution in [2.24, 2.45) is 5.73 Å². The molecular formula is C12H19N5O. The Balaban J connectivity index is 1.84. The van der Waals surface area contributed by atoms with Gasteiger partial charge in [0.25, 0.3) is 0 Å². The molecule has 0 spiro atoms. The molecule has 0 unspecified atom stereocenters. The monoisotopic (exact) mass is 249 g/mol. The minimum Gasteiger partial charge on any atom is -0.396 e. The zero-order valence-electron chi connectivity index (χ0n) is 10.3. The number of primary amides is 1. The summed E-state index contributed by atoms with van der Waals surface area (Å²) in [7, 11) is 0. The molecule has 18 heavy (non-hydrogen) atoms. The van der Waals surface area contributed by atoms with E-state index in [2.05, 4.69) is 15.2 Å². The number of piperidine rings is 1. The van der Waals surface area contributed by atoms with Gasteiger partial charge in [0.1, 0.15) is 5.82 Å². The molecule has 1 aliphatic heterocycles. The van der Waals surface area contributed by atoms with Crippen LogP contribution >= 0.6 is 0 Å². The number of nitrogens with two attached hydrogens (primary N) is 2. The molecule has 1 aromatic heterocycles. The van der Waals surface area contributed by atoms with Gasteiger partial charge in [0.05, 0.1) is 12.2 Å². The van der Waals surface area contributed by atoms with Crippen LogP contribution in [0.3, 0.4) is 0 Å². The Kier molecular flexibility index (Phi) is 3.99. The number of aromatic nitrogens is 1. The van der Waals surface area contributed by atoms with Crippen LogP contribution in [0.2, 0.25) is 0 Å². The number of nitrogens with one attached hydrogen (secondary N) is 1. The van der Waals surface area contributed by atoms with Crippen LogP contribution in [0.15, 0.2) is 18.3 Å². The number of carbonyl (C=O) groups excluding carboxylic acids is 1. The Morgan fingerprint density at radius 3 is 2.83 bits per heavy atom. The van der Waals surface area contributed by atoms with E-state index in [9.17, 15) is 4.79 Å². The molecule has 0 aliphatic carbocycles. The van der Waals surface area contributed by atoms with E-state index in [-0.39, 0.29) is 5.91 Å². The van der Waals surface area contributed by atoms with Crippen molar-refractivity contribution in [2.45, 2.75) is 18.9 Å². The van der Waals surface area contributed by atoms with Gasteiger partial charge in [-0.25, -0.2) is 4.98 Å². The van der Waals surface area contributed by atoms with Crippen LogP contribution in [-0.2, 0) is 4.79 Å². The molecule has 1 aliphatic rings. The SMILES string of the molecule is NC(=O)CN1CCC(Nc2ncccc2N)CC1. The summed E-state index contributed by atoms with van der Waals surface area (Å²) in [6, 6.07) is 4.00. The molecule has 0 aromatic carbocycles. The molecule has 2 heterocycles. The predicted molar refractivity (Wildman–Crippen MR) is 70.9 cm³/mol. The lowest BCUT2D eigenvalue weighted by molar-refractivity contribution is -0.119. The van der Waals surface area contributed by atoms with Crippen molar-refractivity contribution in [3.8, 4) is 0 Å². The van der Waals surface area contributed by atoms with Crippen LogP contribution in [0.4, 0.5) is 11.5 Å². The molecular weight excluding hydrogens is 230 g/mol. The van der Waals surface area contributed by atoms with Crippen LogP contribution in [0, 0.1) is 0 Å². The van der Waals surface area contributed by atoms with Crippen molar-refractivity contribution in [3.05, 3.63) is 18.3 Å². The number of nitrogens with zero attached hydrogens (tertiary/aromatic N) is 2. The summed E-state index contributed by atoms with van der Waals surface area (Å²) in [5.74, 6) is 0.473. The lowest BCUT2D eigenvalue weighted by Gasteiger charge is -2.31. The van der Waals surface area contributed by atoms with E-state index in [1.165, 1.54) is 0 Å². The van der Waals surface area contributed by atoms with Crippen molar-refractivity contribution in [3.63, 3.8) is 0 Å². The molecule has 5 N–H and O–H groups in total. The third-order valence-corrected chi connectivity index (χ3v) is 3.15. The Labute approximate surface area is 106 Å². The Morgan fingerprint density at radius 1 is 1.50 bits per heavy atom. The molecule has 0 atom stereocenters. The fourth-order valence-corrected chi connectivity index (χ4v) is 2.19. The van der Waals surface area contributed by atoms with Crippen molar-refractivity contribution in [1.29, 1.82) is 0 Å². The standard InChI is InChI=1S/C12H19N5O/c13-10-2-1-5-15-12(10)16-9-3-6-17(7-4-9)8-11(14)18/h1-2,5,9H,3-4,6-8,13H2,(H2,14,18)(H,15,16). The van der Waals surface area contributed by atoms with Gasteiger partial charge in [-0.1, -0.05) is 0 Å². The highest BCUT2D eigenvalue weighted by Crippen LogP contribution is 2.19. The number of hydrogen-bond donors (Lipinski definition) is 3. The molecule has 1 aromatic rings. The van der Waals surface area contributed by atoms with Gasteiger partial charge >= 0.3 is 0 Å². The number of hydrogen-bond acceptors (Lipinski definition) is 5. The lowest BCUT2D eigenvalue weighted by atomic mass is 10.0. The number of pyridine rings is 1. The summed E-state index contributed by atoms with van der Waals surface area (Å²) in [6.45, 7) is 2.08. The van der Waals surface area contributed by atoms with E-state index in [0.29, 0.717) is 18.3 Å². The normalized spacial score (nSPS) is 17.6. The van der Waals surface area contributed by atoms with Gasteiger partial charge in [0.2, 0.25) is 5.91 Å². The summed E-state index contributed by atoms with van der Waals surface area (Å²) in [5, 5.41) is 3.34. The average Bonchev–Trinajstić information content (AvgIpc) is 2.34. The number of rotatable bonds is 4. The molecule has 0 radical (unpaired) electrons. The zero-order valence-corrected chi connectivity index (χ0v) is 10.3. The fraction of sp³-hybridized carbons (Fsp3) is 0.500. The number of anilines is 2. The fourth-order valence-electron chi connectivity index (χ4n) is 2.19. The third-order valence-electron chi connectivity index (χ3n) is 3.15. The molecule has 0 bridgehead atoms. The summed E-state index contributed by atoms with van der Waals surface area (Å²) in [4.78, 5) is 17.1. The lowest BCUT2D eigenvalue weighted by Crippen LogP contribution is -2.43. The van der Waals surface area contributed by atoms with E-state index in [1.54, 1.807) is 6.20 Å². The third kappa shape index (κ3) is 3.33. The van der Waals surface area contributed by atoms with Crippen molar-refractivity contribution in [1.82, 2.24) is 9.88 Å². The maximum absolute atomic E-state index is 10.8. The van der Waals surface area contributed by atoms with Gasteiger partial charge in [-0.2, -0.15) is 0 Å². The molecule has 6 heteroatoms. The second-order valence-electron chi connectivity index (χ2n) is 4.60. The van der Waals surface area contributed by atoms with E-state index < -0.39 is 0 Å². The summed E-state index contributed by atoms with van der Waals surface area (Å²) in [5.41, 5.74) is 11.7. The number of amides is 1. The predicted octanol–water partition coefficient (Wildman–Crippen LogP) is 0.0254. The highest BCUT2D eigenvalue weighted by atomic mass is 16.1. The van der Waals surface area contributed by atoms with Gasteiger partial charge < -0.3 is 16.8 Å². The van der Waals surface area contributed by atoms with E-state index in [4.69, 9.17) is 11.5 Å². The van der Waals surface area contributed by atoms with Gasteiger partial charge in [-0.15, -0.1) is 0 Å². The topological polar surface area (TPSA) is 97.3 Å². The number of likely N-dealkylation sites (tertiary alicyclic amines) is 1. The van der Waals surface area contributed by atoms with Crippen molar-refractivity contribution in [2.75, 3.05) is 30.7 Å². The molecule has 6 nitrogen and oxygen atoms in total. The van der Waals surface area contributed by atoms with Crippen LogP contribution < -0.4 is 16.8 Å². The molecule has 0 saturated carbocycles. The van der Waals surface area contributed by atoms with Crippen molar-refractivity contribution >= 4 is 17.4 Å². The number of carbonyl (C=O) groups is 1. The van der Waals surface area contributed by atoms with E-state index in [0.717, 1.165) is 31.7 Å². The van der Waals surface area contributed by atoms with Crippen LogP contribution in [-0.4, -0.2) is 41.5 Å². The van der Waals surface area contributed by atoms with Gasteiger partial charge in [0, 0.05) is 25.3 Å². The summed E-state index contributed by atoms with van der Waals surface area (Å²) >= 11 is 0. The largest absolute Gasteiger partial charge is 0.396 e. The maximum Gasteiger partial charge on any atom is 0.231 e. The molecule has 1 amide bonds. The van der Waals surface area contributed by atoms with Crippen molar-refractivity contribution < 1.29 is 4.79 Å². The van der Waals surface area contributed by atoms with Gasteiger partial charge in [-0.3, -0.25) is 9.69 Å². The average molecular weight is 249 g/mol. The second-order valence-corrected chi connectivity index (χ2v) is 4.60.